The number of methoxy groups -OCH3 is 1. The molecular weight excluding hydrogens is 264 g/mol. The van der Waals surface area contributed by atoms with E-state index in [2.05, 4.69) is 44.5 Å². The molecule has 1 aromatic rings. The second-order valence-corrected chi connectivity index (χ2v) is 6.96. The fraction of sp³-hybridized carbons (Fsp3) is 0.750. The average Bonchev–Trinajstić information content (AvgIpc) is 2.36. The van der Waals surface area contributed by atoms with Crippen molar-refractivity contribution in [2.75, 3.05) is 37.4 Å². The zero-order valence-electron chi connectivity index (χ0n) is 14.5. The molecule has 0 radical (unpaired) electrons. The highest BCUT2D eigenvalue weighted by Crippen LogP contribution is 2.27. The monoisotopic (exact) mass is 294 g/mol. The van der Waals surface area contributed by atoms with Gasteiger partial charge in [-0.05, 0) is 12.8 Å². The normalized spacial score (nSPS) is 12.0. The van der Waals surface area contributed by atoms with Gasteiger partial charge in [0.05, 0.1) is 6.61 Å². The third-order valence-electron chi connectivity index (χ3n) is 3.28. The van der Waals surface area contributed by atoms with Crippen LogP contribution in [0.15, 0.2) is 0 Å². The summed E-state index contributed by atoms with van der Waals surface area (Å²) < 4.78 is 5.23. The summed E-state index contributed by atoms with van der Waals surface area (Å²) in [5, 5.41) is 0. The van der Waals surface area contributed by atoms with E-state index in [9.17, 15) is 0 Å². The molecule has 1 aromatic heterocycles. The Morgan fingerprint density at radius 3 is 2.33 bits per heavy atom. The van der Waals surface area contributed by atoms with Crippen molar-refractivity contribution in [2.45, 2.75) is 47.0 Å². The van der Waals surface area contributed by atoms with E-state index >= 15 is 0 Å². The minimum atomic E-state index is -0.124. The van der Waals surface area contributed by atoms with Crippen LogP contribution in [0.2, 0.25) is 0 Å². The van der Waals surface area contributed by atoms with Crippen LogP contribution in [-0.2, 0) is 10.2 Å². The van der Waals surface area contributed by atoms with Crippen molar-refractivity contribution in [1.82, 2.24) is 9.97 Å². The summed E-state index contributed by atoms with van der Waals surface area (Å²) in [4.78, 5) is 11.5. The van der Waals surface area contributed by atoms with Crippen LogP contribution < -0.4 is 10.6 Å². The molecule has 0 saturated carbocycles. The van der Waals surface area contributed by atoms with Crippen LogP contribution in [0.3, 0.4) is 0 Å². The van der Waals surface area contributed by atoms with Crippen LogP contribution in [0.25, 0.3) is 0 Å². The molecule has 0 fully saturated rings. The molecule has 0 amide bonds. The van der Waals surface area contributed by atoms with Crippen LogP contribution >= 0.6 is 0 Å². The van der Waals surface area contributed by atoms with Gasteiger partial charge in [0, 0.05) is 31.2 Å². The first-order valence-corrected chi connectivity index (χ1v) is 7.55. The Hall–Kier alpha value is -1.36. The lowest BCUT2D eigenvalue weighted by atomic mass is 9.95. The Labute approximate surface area is 128 Å². The smallest absolute Gasteiger partial charge is 0.138 e. The van der Waals surface area contributed by atoms with Crippen LogP contribution in [0.1, 0.15) is 46.0 Å². The van der Waals surface area contributed by atoms with Crippen LogP contribution in [0.5, 0.6) is 0 Å². The van der Waals surface area contributed by atoms with Crippen LogP contribution in [0, 0.1) is 12.8 Å². The van der Waals surface area contributed by atoms with Crippen molar-refractivity contribution in [2.24, 2.45) is 5.92 Å². The van der Waals surface area contributed by atoms with Crippen molar-refractivity contribution >= 4 is 11.6 Å². The molecule has 1 rings (SSSR count). The van der Waals surface area contributed by atoms with E-state index in [1.165, 1.54) is 0 Å². The molecule has 5 heteroatoms. The zero-order valence-corrected chi connectivity index (χ0v) is 14.5. The predicted octanol–water partition coefficient (Wildman–Crippen LogP) is 2.77. The van der Waals surface area contributed by atoms with Crippen molar-refractivity contribution in [3.8, 4) is 0 Å². The number of nitrogens with two attached hydrogens (primary N) is 1. The van der Waals surface area contributed by atoms with E-state index < -0.39 is 0 Å². The van der Waals surface area contributed by atoms with E-state index in [1.54, 1.807) is 7.11 Å². The standard InChI is InChI=1S/C16H30N4O/c1-11(2)10-20(8-9-21-7)14-12(3)13(17)18-15(19-14)16(4,5)6/h11H,8-10H2,1-7H3,(H2,17,18,19). The maximum absolute atomic E-state index is 6.11. The van der Waals surface area contributed by atoms with Crippen LogP contribution in [-0.4, -0.2) is 36.8 Å². The maximum Gasteiger partial charge on any atom is 0.138 e. The predicted molar refractivity (Wildman–Crippen MR) is 88.8 cm³/mol. The summed E-state index contributed by atoms with van der Waals surface area (Å²) in [5.41, 5.74) is 6.93. The van der Waals surface area contributed by atoms with Crippen LogP contribution in [0.4, 0.5) is 11.6 Å². The lowest BCUT2D eigenvalue weighted by Gasteiger charge is -2.29. The zero-order chi connectivity index (χ0) is 16.2. The van der Waals surface area contributed by atoms with E-state index in [0.29, 0.717) is 18.3 Å². The van der Waals surface area contributed by atoms with Crippen molar-refractivity contribution < 1.29 is 4.74 Å². The fourth-order valence-electron chi connectivity index (χ4n) is 2.09. The Morgan fingerprint density at radius 1 is 1.24 bits per heavy atom. The molecule has 0 bridgehead atoms. The lowest BCUT2D eigenvalue weighted by molar-refractivity contribution is 0.204. The molecular formula is C16H30N4O. The van der Waals surface area contributed by atoms with Gasteiger partial charge in [-0.2, -0.15) is 0 Å². The Bertz CT molecular complexity index is 466. The summed E-state index contributed by atoms with van der Waals surface area (Å²) in [6, 6.07) is 0. The molecule has 0 unspecified atom stereocenters. The number of nitrogen functional groups attached to an aromatic ring is 1. The van der Waals surface area contributed by atoms with Crippen molar-refractivity contribution in [3.05, 3.63) is 11.4 Å². The van der Waals surface area contributed by atoms with Crippen molar-refractivity contribution in [3.63, 3.8) is 0 Å². The largest absolute Gasteiger partial charge is 0.383 e. The van der Waals surface area contributed by atoms with Gasteiger partial charge in [0.25, 0.3) is 0 Å². The first-order valence-electron chi connectivity index (χ1n) is 7.55. The third-order valence-corrected chi connectivity index (χ3v) is 3.28. The van der Waals surface area contributed by atoms with E-state index in [4.69, 9.17) is 15.5 Å². The molecule has 2 N–H and O–H groups in total. The Kier molecular flexibility index (Phi) is 5.96. The van der Waals surface area contributed by atoms with Gasteiger partial charge in [-0.15, -0.1) is 0 Å². The average molecular weight is 294 g/mol. The third kappa shape index (κ3) is 4.84. The van der Waals surface area contributed by atoms with E-state index in [1.807, 2.05) is 6.92 Å². The first-order chi connectivity index (χ1) is 9.66. The van der Waals surface area contributed by atoms with Gasteiger partial charge in [-0.25, -0.2) is 9.97 Å². The van der Waals surface area contributed by atoms with Gasteiger partial charge in [0.1, 0.15) is 17.5 Å². The first kappa shape index (κ1) is 17.7. The summed E-state index contributed by atoms with van der Waals surface area (Å²) in [5.74, 6) is 2.82. The topological polar surface area (TPSA) is 64.3 Å². The summed E-state index contributed by atoms with van der Waals surface area (Å²) in [6.45, 7) is 15.1. The highest BCUT2D eigenvalue weighted by atomic mass is 16.5. The molecule has 5 nitrogen and oxygen atoms in total. The number of aromatic nitrogens is 2. The van der Waals surface area contributed by atoms with Gasteiger partial charge >= 0.3 is 0 Å². The molecule has 0 atom stereocenters. The number of anilines is 2. The van der Waals surface area contributed by atoms with Gasteiger partial charge in [-0.1, -0.05) is 34.6 Å². The molecule has 120 valence electrons. The molecule has 0 aliphatic carbocycles. The summed E-state index contributed by atoms with van der Waals surface area (Å²) in [6.07, 6.45) is 0. The molecule has 0 spiro atoms. The number of rotatable bonds is 6. The Morgan fingerprint density at radius 2 is 1.86 bits per heavy atom. The molecule has 0 aliphatic heterocycles. The number of nitrogens with zero attached hydrogens (tertiary/aromatic N) is 3. The Balaban J connectivity index is 3.25. The molecule has 21 heavy (non-hydrogen) atoms. The quantitative estimate of drug-likeness (QED) is 0.874. The fourth-order valence-corrected chi connectivity index (χ4v) is 2.09. The molecule has 1 heterocycles. The highest BCUT2D eigenvalue weighted by molar-refractivity contribution is 5.57. The second-order valence-electron chi connectivity index (χ2n) is 6.96. The van der Waals surface area contributed by atoms with Gasteiger partial charge in [-0.3, -0.25) is 0 Å². The lowest BCUT2D eigenvalue weighted by Crippen LogP contribution is -2.33. The van der Waals surface area contributed by atoms with Gasteiger partial charge < -0.3 is 15.4 Å². The SMILES string of the molecule is COCCN(CC(C)C)c1nc(C(C)(C)C)nc(N)c1C. The maximum atomic E-state index is 6.11. The number of hydrogen-bond donors (Lipinski definition) is 1. The molecule has 0 aliphatic rings. The second kappa shape index (κ2) is 7.07. The van der Waals surface area contributed by atoms with Crippen molar-refractivity contribution in [1.29, 1.82) is 0 Å². The highest BCUT2D eigenvalue weighted by Gasteiger charge is 2.23. The van der Waals surface area contributed by atoms with Gasteiger partial charge in [0.15, 0.2) is 0 Å². The summed E-state index contributed by atoms with van der Waals surface area (Å²) >= 11 is 0. The number of hydrogen-bond acceptors (Lipinski definition) is 5. The summed E-state index contributed by atoms with van der Waals surface area (Å²) in [7, 11) is 1.72. The van der Waals surface area contributed by atoms with E-state index in [-0.39, 0.29) is 5.41 Å². The molecule has 0 saturated heterocycles. The van der Waals surface area contributed by atoms with E-state index in [0.717, 1.165) is 30.3 Å². The van der Waals surface area contributed by atoms with Gasteiger partial charge in [0.2, 0.25) is 0 Å². The number of ether oxygens (including phenoxy) is 1. The minimum Gasteiger partial charge on any atom is -0.383 e. The minimum absolute atomic E-state index is 0.124. The molecule has 0 aromatic carbocycles.